The topological polar surface area (TPSA) is 89.0 Å². The van der Waals surface area contributed by atoms with Gasteiger partial charge in [0.2, 0.25) is 5.91 Å². The lowest BCUT2D eigenvalue weighted by Crippen LogP contribution is -2.34. The maximum atomic E-state index is 12.6. The molecule has 2 aromatic carbocycles. The predicted molar refractivity (Wildman–Crippen MR) is 101 cm³/mol. The average Bonchev–Trinajstić information content (AvgIpc) is 3.09. The van der Waals surface area contributed by atoms with Crippen molar-refractivity contribution >= 4 is 18.0 Å². The molecule has 0 spiro atoms. The molecule has 1 aliphatic rings. The fourth-order valence-electron chi connectivity index (χ4n) is 3.18. The molecule has 7 heteroatoms. The van der Waals surface area contributed by atoms with Gasteiger partial charge in [-0.3, -0.25) is 9.59 Å². The highest BCUT2D eigenvalue weighted by atomic mass is 16.5. The average molecular weight is 367 g/mol. The maximum Gasteiger partial charge on any atom is 0.253 e. The number of para-hydroxylation sites is 1. The standard InChI is InChI=1S/C20H21N3O4/c1-26-16-10-6-9-14(18(16)27-2)11-22-23-20(25)17-15(12-21-19(17)24)13-7-4-3-5-8-13/h3-11,15,17H,12H2,1-2H3,(H,21,24)(H,23,25)/b22-11+/t15-,17+/m1/s1. The van der Waals surface area contributed by atoms with Crippen molar-refractivity contribution < 1.29 is 19.1 Å². The van der Waals surface area contributed by atoms with Gasteiger partial charge in [-0.25, -0.2) is 5.43 Å². The minimum Gasteiger partial charge on any atom is -0.493 e. The van der Waals surface area contributed by atoms with E-state index >= 15 is 0 Å². The number of hydrogen-bond donors (Lipinski definition) is 2. The Morgan fingerprint density at radius 3 is 2.63 bits per heavy atom. The van der Waals surface area contributed by atoms with E-state index in [1.807, 2.05) is 30.3 Å². The molecule has 2 amide bonds. The summed E-state index contributed by atoms with van der Waals surface area (Å²) in [6.07, 6.45) is 1.46. The molecule has 0 aromatic heterocycles. The van der Waals surface area contributed by atoms with Gasteiger partial charge in [0.15, 0.2) is 11.5 Å². The van der Waals surface area contributed by atoms with Gasteiger partial charge in [-0.2, -0.15) is 5.10 Å². The Morgan fingerprint density at radius 2 is 1.93 bits per heavy atom. The molecule has 0 aliphatic carbocycles. The van der Waals surface area contributed by atoms with E-state index in [9.17, 15) is 9.59 Å². The zero-order valence-electron chi connectivity index (χ0n) is 15.1. The summed E-state index contributed by atoms with van der Waals surface area (Å²) < 4.78 is 10.6. The molecular weight excluding hydrogens is 346 g/mol. The summed E-state index contributed by atoms with van der Waals surface area (Å²) in [6, 6.07) is 14.8. The predicted octanol–water partition coefficient (Wildman–Crippen LogP) is 1.68. The first-order chi connectivity index (χ1) is 13.2. The van der Waals surface area contributed by atoms with Crippen LogP contribution in [0, 0.1) is 5.92 Å². The van der Waals surface area contributed by atoms with E-state index in [1.165, 1.54) is 13.3 Å². The molecule has 7 nitrogen and oxygen atoms in total. The van der Waals surface area contributed by atoms with Crippen LogP contribution in [-0.4, -0.2) is 38.8 Å². The summed E-state index contributed by atoms with van der Waals surface area (Å²) in [5.74, 6) is -0.713. The van der Waals surface area contributed by atoms with Gasteiger partial charge in [0.05, 0.1) is 20.4 Å². The Balaban J connectivity index is 1.73. The Labute approximate surface area is 157 Å². The molecule has 1 fully saturated rings. The number of hydrogen-bond acceptors (Lipinski definition) is 5. The molecule has 140 valence electrons. The van der Waals surface area contributed by atoms with E-state index in [0.717, 1.165) is 5.56 Å². The van der Waals surface area contributed by atoms with Crippen molar-refractivity contribution in [2.45, 2.75) is 5.92 Å². The van der Waals surface area contributed by atoms with E-state index in [-0.39, 0.29) is 11.8 Å². The summed E-state index contributed by atoms with van der Waals surface area (Å²) in [7, 11) is 3.07. The second-order valence-electron chi connectivity index (χ2n) is 6.06. The van der Waals surface area contributed by atoms with Crippen LogP contribution in [-0.2, 0) is 9.59 Å². The first-order valence-electron chi connectivity index (χ1n) is 8.52. The van der Waals surface area contributed by atoms with Crippen LogP contribution in [0.3, 0.4) is 0 Å². The summed E-state index contributed by atoms with van der Waals surface area (Å²) in [6.45, 7) is 0.425. The largest absolute Gasteiger partial charge is 0.493 e. The second kappa shape index (κ2) is 8.35. The highest BCUT2D eigenvalue weighted by Gasteiger charge is 2.40. The molecule has 1 heterocycles. The van der Waals surface area contributed by atoms with Gasteiger partial charge >= 0.3 is 0 Å². The number of nitrogens with zero attached hydrogens (tertiary/aromatic N) is 1. The van der Waals surface area contributed by atoms with Crippen LogP contribution in [0.15, 0.2) is 53.6 Å². The minimum atomic E-state index is -0.822. The number of carbonyl (C=O) groups excluding carboxylic acids is 2. The molecule has 2 atom stereocenters. The number of carbonyl (C=O) groups is 2. The highest BCUT2D eigenvalue weighted by Crippen LogP contribution is 2.30. The summed E-state index contributed by atoms with van der Waals surface area (Å²) in [5, 5.41) is 6.74. The molecule has 1 aliphatic heterocycles. The normalized spacial score (nSPS) is 19.0. The molecule has 0 radical (unpaired) electrons. The van der Waals surface area contributed by atoms with Crippen LogP contribution in [0.2, 0.25) is 0 Å². The Hall–Kier alpha value is -3.35. The van der Waals surface area contributed by atoms with Gasteiger partial charge in [0, 0.05) is 18.0 Å². The SMILES string of the molecule is COc1cccc(/C=N/NC(=O)[C@@H]2C(=O)NC[C@@H]2c2ccccc2)c1OC. The minimum absolute atomic E-state index is 0.222. The molecule has 27 heavy (non-hydrogen) atoms. The monoisotopic (exact) mass is 367 g/mol. The number of benzene rings is 2. The van der Waals surface area contributed by atoms with Crippen molar-refractivity contribution in [1.82, 2.24) is 10.7 Å². The Bertz CT molecular complexity index is 852. The third-order valence-electron chi connectivity index (χ3n) is 4.50. The van der Waals surface area contributed by atoms with Crippen LogP contribution in [0.25, 0.3) is 0 Å². The van der Waals surface area contributed by atoms with Crippen LogP contribution in [0.4, 0.5) is 0 Å². The summed E-state index contributed by atoms with van der Waals surface area (Å²) >= 11 is 0. The van der Waals surface area contributed by atoms with Crippen LogP contribution >= 0.6 is 0 Å². The van der Waals surface area contributed by atoms with Gasteiger partial charge in [-0.1, -0.05) is 36.4 Å². The zero-order chi connectivity index (χ0) is 19.2. The van der Waals surface area contributed by atoms with E-state index in [0.29, 0.717) is 23.6 Å². The van der Waals surface area contributed by atoms with Gasteiger partial charge in [0.25, 0.3) is 5.91 Å². The van der Waals surface area contributed by atoms with Crippen molar-refractivity contribution in [2.24, 2.45) is 11.0 Å². The molecule has 0 unspecified atom stereocenters. The highest BCUT2D eigenvalue weighted by molar-refractivity contribution is 6.03. The first kappa shape index (κ1) is 18.4. The first-order valence-corrected chi connectivity index (χ1v) is 8.52. The zero-order valence-corrected chi connectivity index (χ0v) is 15.1. The Morgan fingerprint density at radius 1 is 1.15 bits per heavy atom. The van der Waals surface area contributed by atoms with Crippen molar-refractivity contribution in [2.75, 3.05) is 20.8 Å². The fraction of sp³-hybridized carbons (Fsp3) is 0.250. The van der Waals surface area contributed by atoms with E-state index < -0.39 is 11.8 Å². The van der Waals surface area contributed by atoms with Crippen molar-refractivity contribution in [3.05, 3.63) is 59.7 Å². The van der Waals surface area contributed by atoms with E-state index in [1.54, 1.807) is 25.3 Å². The lowest BCUT2D eigenvalue weighted by molar-refractivity contribution is -0.133. The van der Waals surface area contributed by atoms with Crippen molar-refractivity contribution in [1.29, 1.82) is 0 Å². The second-order valence-corrected chi connectivity index (χ2v) is 6.06. The molecule has 2 N–H and O–H groups in total. The van der Waals surface area contributed by atoms with Crippen LogP contribution < -0.4 is 20.2 Å². The number of rotatable bonds is 6. The van der Waals surface area contributed by atoms with Gasteiger partial charge < -0.3 is 14.8 Å². The molecule has 0 saturated carbocycles. The van der Waals surface area contributed by atoms with Gasteiger partial charge in [-0.15, -0.1) is 0 Å². The third-order valence-corrected chi connectivity index (χ3v) is 4.50. The number of nitrogens with one attached hydrogen (secondary N) is 2. The molecule has 1 saturated heterocycles. The summed E-state index contributed by atoms with van der Waals surface area (Å²) in [4.78, 5) is 24.7. The number of methoxy groups -OCH3 is 2. The molecular formula is C20H21N3O4. The van der Waals surface area contributed by atoms with Crippen molar-refractivity contribution in [3.63, 3.8) is 0 Å². The van der Waals surface area contributed by atoms with Gasteiger partial charge in [0.1, 0.15) is 5.92 Å². The smallest absolute Gasteiger partial charge is 0.253 e. The van der Waals surface area contributed by atoms with E-state index in [4.69, 9.17) is 9.47 Å². The van der Waals surface area contributed by atoms with Crippen molar-refractivity contribution in [3.8, 4) is 11.5 Å². The van der Waals surface area contributed by atoms with E-state index in [2.05, 4.69) is 15.8 Å². The van der Waals surface area contributed by atoms with Crippen LogP contribution in [0.1, 0.15) is 17.0 Å². The number of hydrazone groups is 1. The lowest BCUT2D eigenvalue weighted by atomic mass is 9.88. The Kier molecular flexibility index (Phi) is 5.71. The lowest BCUT2D eigenvalue weighted by Gasteiger charge is -2.15. The fourth-order valence-corrected chi connectivity index (χ4v) is 3.18. The third kappa shape index (κ3) is 3.92. The molecule has 3 rings (SSSR count). The summed E-state index contributed by atoms with van der Waals surface area (Å²) in [5.41, 5.74) is 4.05. The molecule has 2 aromatic rings. The number of amides is 2. The molecule has 0 bridgehead atoms. The van der Waals surface area contributed by atoms with Gasteiger partial charge in [-0.05, 0) is 17.7 Å². The number of ether oxygens (including phenoxy) is 2. The quantitative estimate of drug-likeness (QED) is 0.462. The maximum absolute atomic E-state index is 12.6. The van der Waals surface area contributed by atoms with Crippen LogP contribution in [0.5, 0.6) is 11.5 Å².